The van der Waals surface area contributed by atoms with Crippen LogP contribution in [0, 0.1) is 0 Å². The Bertz CT molecular complexity index is 558. The van der Waals surface area contributed by atoms with E-state index in [9.17, 15) is 4.79 Å². The average Bonchev–Trinajstić information content (AvgIpc) is 3.05. The molecule has 0 saturated carbocycles. The number of nitrogens with one attached hydrogen (secondary N) is 2. The van der Waals surface area contributed by atoms with Crippen molar-refractivity contribution in [3.63, 3.8) is 0 Å². The quantitative estimate of drug-likeness (QED) is 0.887. The molecule has 1 aromatic carbocycles. The third kappa shape index (κ3) is 4.19. The van der Waals surface area contributed by atoms with Crippen LogP contribution in [0.15, 0.2) is 24.3 Å². The van der Waals surface area contributed by atoms with E-state index in [1.54, 1.807) is 0 Å². The van der Waals surface area contributed by atoms with Gasteiger partial charge in [0.15, 0.2) is 0 Å². The van der Waals surface area contributed by atoms with Gasteiger partial charge in [0.05, 0.1) is 24.6 Å². The van der Waals surface area contributed by atoms with Gasteiger partial charge in [-0.1, -0.05) is 12.1 Å². The summed E-state index contributed by atoms with van der Waals surface area (Å²) in [6, 6.07) is 8.61. The van der Waals surface area contributed by atoms with Crippen LogP contribution < -0.4 is 15.5 Å². The molecule has 1 aromatic rings. The van der Waals surface area contributed by atoms with Crippen LogP contribution in [0.1, 0.15) is 20.3 Å². The third-order valence-corrected chi connectivity index (χ3v) is 4.79. The number of likely N-dealkylation sites (tertiary alicyclic amines) is 1. The number of para-hydroxylation sites is 2. The predicted molar refractivity (Wildman–Crippen MR) is 96.7 cm³/mol. The molecule has 2 aliphatic heterocycles. The SMILES string of the molecule is CC(C)N1CCC(NC(=O)Nc2ccccc2N2CCOCC2)C1. The molecular formula is C18H28N4O2. The van der Waals surface area contributed by atoms with E-state index in [0.29, 0.717) is 6.04 Å². The first kappa shape index (κ1) is 17.0. The van der Waals surface area contributed by atoms with E-state index in [2.05, 4.69) is 40.3 Å². The van der Waals surface area contributed by atoms with Gasteiger partial charge in [0.25, 0.3) is 0 Å². The molecule has 1 atom stereocenters. The van der Waals surface area contributed by atoms with Gasteiger partial charge >= 0.3 is 6.03 Å². The fourth-order valence-corrected chi connectivity index (χ4v) is 3.38. The van der Waals surface area contributed by atoms with Crippen molar-refractivity contribution in [2.24, 2.45) is 0 Å². The first-order valence-electron chi connectivity index (χ1n) is 8.87. The first-order valence-corrected chi connectivity index (χ1v) is 8.87. The predicted octanol–water partition coefficient (Wildman–Crippen LogP) is 2.13. The Morgan fingerprint density at radius 1 is 1.21 bits per heavy atom. The lowest BCUT2D eigenvalue weighted by Gasteiger charge is -2.30. The van der Waals surface area contributed by atoms with Crippen LogP contribution in [0.25, 0.3) is 0 Å². The second kappa shape index (κ2) is 7.85. The Morgan fingerprint density at radius 3 is 2.67 bits per heavy atom. The number of hydrogen-bond acceptors (Lipinski definition) is 4. The minimum Gasteiger partial charge on any atom is -0.378 e. The highest BCUT2D eigenvalue weighted by molar-refractivity contribution is 5.93. The number of anilines is 2. The van der Waals surface area contributed by atoms with Gasteiger partial charge in [0.2, 0.25) is 0 Å². The number of urea groups is 1. The number of amides is 2. The average molecular weight is 332 g/mol. The molecule has 2 N–H and O–H groups in total. The van der Waals surface area contributed by atoms with Crippen molar-refractivity contribution in [2.75, 3.05) is 49.6 Å². The van der Waals surface area contributed by atoms with Gasteiger partial charge in [-0.05, 0) is 32.4 Å². The van der Waals surface area contributed by atoms with Gasteiger partial charge in [-0.3, -0.25) is 4.90 Å². The topological polar surface area (TPSA) is 56.8 Å². The van der Waals surface area contributed by atoms with Crippen LogP contribution in [0.3, 0.4) is 0 Å². The minimum atomic E-state index is -0.119. The summed E-state index contributed by atoms with van der Waals surface area (Å²) in [5, 5.41) is 6.14. The molecule has 0 aliphatic carbocycles. The highest BCUT2D eigenvalue weighted by Gasteiger charge is 2.25. The second-order valence-corrected chi connectivity index (χ2v) is 6.79. The van der Waals surface area contributed by atoms with Crippen molar-refractivity contribution in [3.8, 4) is 0 Å². The Kier molecular flexibility index (Phi) is 5.58. The van der Waals surface area contributed by atoms with Gasteiger partial charge in [-0.2, -0.15) is 0 Å². The lowest BCUT2D eigenvalue weighted by atomic mass is 10.2. The maximum Gasteiger partial charge on any atom is 0.319 e. The van der Waals surface area contributed by atoms with Gasteiger partial charge in [-0.15, -0.1) is 0 Å². The summed E-state index contributed by atoms with van der Waals surface area (Å²) in [6.45, 7) is 9.53. The van der Waals surface area contributed by atoms with E-state index < -0.39 is 0 Å². The molecule has 1 unspecified atom stereocenters. The largest absolute Gasteiger partial charge is 0.378 e. The van der Waals surface area contributed by atoms with Crippen molar-refractivity contribution in [1.82, 2.24) is 10.2 Å². The zero-order valence-corrected chi connectivity index (χ0v) is 14.6. The van der Waals surface area contributed by atoms with E-state index in [1.165, 1.54) is 0 Å². The minimum absolute atomic E-state index is 0.119. The monoisotopic (exact) mass is 332 g/mol. The molecule has 24 heavy (non-hydrogen) atoms. The summed E-state index contributed by atoms with van der Waals surface area (Å²) < 4.78 is 5.41. The maximum atomic E-state index is 12.4. The smallest absolute Gasteiger partial charge is 0.319 e. The summed E-state index contributed by atoms with van der Waals surface area (Å²) in [5.74, 6) is 0. The first-order chi connectivity index (χ1) is 11.6. The number of hydrogen-bond donors (Lipinski definition) is 2. The number of carbonyl (C=O) groups is 1. The van der Waals surface area contributed by atoms with Crippen LogP contribution in [-0.4, -0.2) is 62.4 Å². The second-order valence-electron chi connectivity index (χ2n) is 6.79. The van der Waals surface area contributed by atoms with Crippen LogP contribution in [0.2, 0.25) is 0 Å². The summed E-state index contributed by atoms with van der Waals surface area (Å²) >= 11 is 0. The Balaban J connectivity index is 1.58. The molecule has 6 nitrogen and oxygen atoms in total. The Morgan fingerprint density at radius 2 is 1.96 bits per heavy atom. The van der Waals surface area contributed by atoms with Crippen LogP contribution in [-0.2, 0) is 4.74 Å². The molecule has 2 aliphatic rings. The van der Waals surface area contributed by atoms with Crippen molar-refractivity contribution in [2.45, 2.75) is 32.4 Å². The number of morpholine rings is 1. The van der Waals surface area contributed by atoms with Crippen molar-refractivity contribution < 1.29 is 9.53 Å². The zero-order valence-electron chi connectivity index (χ0n) is 14.6. The van der Waals surface area contributed by atoms with Crippen molar-refractivity contribution in [3.05, 3.63) is 24.3 Å². The van der Waals surface area contributed by atoms with Gasteiger partial charge in [0, 0.05) is 38.3 Å². The lowest BCUT2D eigenvalue weighted by molar-refractivity contribution is 0.123. The molecule has 0 spiro atoms. The molecule has 132 valence electrons. The molecule has 2 heterocycles. The fourth-order valence-electron chi connectivity index (χ4n) is 3.38. The summed E-state index contributed by atoms with van der Waals surface area (Å²) in [7, 11) is 0. The Hall–Kier alpha value is -1.79. The highest BCUT2D eigenvalue weighted by atomic mass is 16.5. The molecule has 2 saturated heterocycles. The standard InChI is InChI=1S/C18H28N4O2/c1-14(2)22-8-7-15(13-22)19-18(23)20-16-5-3-4-6-17(16)21-9-11-24-12-10-21/h3-6,14-15H,7-13H2,1-2H3,(H2,19,20,23). The highest BCUT2D eigenvalue weighted by Crippen LogP contribution is 2.26. The molecular weight excluding hydrogens is 304 g/mol. The van der Waals surface area contributed by atoms with Crippen LogP contribution in [0.4, 0.5) is 16.2 Å². The molecule has 0 aromatic heterocycles. The van der Waals surface area contributed by atoms with Crippen molar-refractivity contribution in [1.29, 1.82) is 0 Å². The van der Waals surface area contributed by atoms with E-state index in [0.717, 1.165) is 57.2 Å². The lowest BCUT2D eigenvalue weighted by Crippen LogP contribution is -2.41. The Labute approximate surface area is 144 Å². The van der Waals surface area contributed by atoms with E-state index in [-0.39, 0.29) is 12.1 Å². The van der Waals surface area contributed by atoms with E-state index in [1.807, 2.05) is 18.2 Å². The molecule has 6 heteroatoms. The normalized spacial score (nSPS) is 22.0. The number of ether oxygens (including phenoxy) is 1. The van der Waals surface area contributed by atoms with Crippen LogP contribution in [0.5, 0.6) is 0 Å². The van der Waals surface area contributed by atoms with E-state index >= 15 is 0 Å². The zero-order chi connectivity index (χ0) is 16.9. The molecule has 0 bridgehead atoms. The maximum absolute atomic E-state index is 12.4. The van der Waals surface area contributed by atoms with Crippen LogP contribution >= 0.6 is 0 Å². The summed E-state index contributed by atoms with van der Waals surface area (Å²) in [5.41, 5.74) is 1.92. The number of nitrogens with zero attached hydrogens (tertiary/aromatic N) is 2. The molecule has 3 rings (SSSR count). The van der Waals surface area contributed by atoms with Gasteiger partial charge < -0.3 is 20.3 Å². The number of rotatable bonds is 4. The van der Waals surface area contributed by atoms with E-state index in [4.69, 9.17) is 4.74 Å². The number of carbonyl (C=O) groups excluding carboxylic acids is 1. The van der Waals surface area contributed by atoms with Gasteiger partial charge in [0.1, 0.15) is 0 Å². The molecule has 0 radical (unpaired) electrons. The third-order valence-electron chi connectivity index (χ3n) is 4.79. The fraction of sp³-hybridized carbons (Fsp3) is 0.611. The van der Waals surface area contributed by atoms with Gasteiger partial charge in [-0.25, -0.2) is 4.79 Å². The number of benzene rings is 1. The summed E-state index contributed by atoms with van der Waals surface area (Å²) in [4.78, 5) is 17.1. The molecule has 2 amide bonds. The summed E-state index contributed by atoms with van der Waals surface area (Å²) in [6.07, 6.45) is 1.01. The molecule has 2 fully saturated rings. The van der Waals surface area contributed by atoms with Crippen molar-refractivity contribution >= 4 is 17.4 Å².